The van der Waals surface area contributed by atoms with Gasteiger partial charge in [-0.1, -0.05) is 41.4 Å². The first-order chi connectivity index (χ1) is 9.06. The second kappa shape index (κ2) is 6.18. The van der Waals surface area contributed by atoms with Gasteiger partial charge in [-0.25, -0.2) is 4.39 Å². The lowest BCUT2D eigenvalue weighted by Gasteiger charge is -2.15. The van der Waals surface area contributed by atoms with Crippen LogP contribution in [0, 0.1) is 12.7 Å². The quantitative estimate of drug-likeness (QED) is 0.858. The molecule has 0 radical (unpaired) electrons. The topological polar surface area (TPSA) is 12.0 Å². The van der Waals surface area contributed by atoms with Crippen LogP contribution >= 0.6 is 11.6 Å². The van der Waals surface area contributed by atoms with Crippen molar-refractivity contribution >= 4 is 11.6 Å². The smallest absolute Gasteiger partial charge is 0.127 e. The maximum Gasteiger partial charge on any atom is 0.127 e. The number of aryl methyl sites for hydroxylation is 1. The molecule has 100 valence electrons. The molecule has 1 atom stereocenters. The van der Waals surface area contributed by atoms with E-state index in [1.807, 2.05) is 6.07 Å². The first kappa shape index (κ1) is 14.0. The van der Waals surface area contributed by atoms with Gasteiger partial charge in [0, 0.05) is 23.2 Å². The molecule has 0 amide bonds. The predicted molar refractivity (Wildman–Crippen MR) is 77.8 cm³/mol. The summed E-state index contributed by atoms with van der Waals surface area (Å²) >= 11 is 5.88. The van der Waals surface area contributed by atoms with Gasteiger partial charge in [-0.15, -0.1) is 0 Å². The molecule has 2 aromatic rings. The lowest BCUT2D eigenvalue weighted by Crippen LogP contribution is -2.18. The van der Waals surface area contributed by atoms with Crippen LogP contribution < -0.4 is 5.32 Å². The molecule has 0 aliphatic rings. The minimum atomic E-state index is -0.228. The highest BCUT2D eigenvalue weighted by atomic mass is 35.5. The Morgan fingerprint density at radius 1 is 1.21 bits per heavy atom. The second-order valence-electron chi connectivity index (χ2n) is 4.75. The van der Waals surface area contributed by atoms with Gasteiger partial charge in [0.2, 0.25) is 0 Å². The Labute approximate surface area is 118 Å². The maximum atomic E-state index is 13.6. The number of hydrogen-bond donors (Lipinski definition) is 1. The number of benzene rings is 2. The van der Waals surface area contributed by atoms with E-state index in [-0.39, 0.29) is 11.9 Å². The second-order valence-corrected chi connectivity index (χ2v) is 5.19. The average Bonchev–Trinajstić information content (AvgIpc) is 2.39. The molecule has 1 N–H and O–H groups in total. The van der Waals surface area contributed by atoms with Crippen molar-refractivity contribution in [3.05, 3.63) is 70.0 Å². The van der Waals surface area contributed by atoms with Crippen LogP contribution in [0.1, 0.15) is 29.7 Å². The molecule has 0 fully saturated rings. The van der Waals surface area contributed by atoms with Gasteiger partial charge in [0.15, 0.2) is 0 Å². The van der Waals surface area contributed by atoms with Gasteiger partial charge in [0.1, 0.15) is 5.82 Å². The molecular formula is C16H17ClFN. The van der Waals surface area contributed by atoms with Crippen molar-refractivity contribution in [2.24, 2.45) is 0 Å². The lowest BCUT2D eigenvalue weighted by atomic mass is 10.1. The molecule has 0 heterocycles. The van der Waals surface area contributed by atoms with E-state index in [0.717, 1.165) is 0 Å². The predicted octanol–water partition coefficient (Wildman–Crippen LogP) is 4.64. The van der Waals surface area contributed by atoms with E-state index in [1.54, 1.807) is 12.1 Å². The number of rotatable bonds is 4. The zero-order valence-electron chi connectivity index (χ0n) is 11.1. The first-order valence-electron chi connectivity index (χ1n) is 6.30. The molecule has 2 rings (SSSR count). The molecule has 0 saturated carbocycles. The molecule has 1 nitrogen and oxygen atoms in total. The fourth-order valence-corrected chi connectivity index (χ4v) is 2.19. The summed E-state index contributed by atoms with van der Waals surface area (Å²) in [6.45, 7) is 4.59. The number of nitrogens with one attached hydrogen (secondary N) is 1. The Kier molecular flexibility index (Phi) is 4.56. The molecular weight excluding hydrogens is 261 g/mol. The Hall–Kier alpha value is -1.38. The van der Waals surface area contributed by atoms with Crippen molar-refractivity contribution in [3.63, 3.8) is 0 Å². The third-order valence-corrected chi connectivity index (χ3v) is 3.38. The highest BCUT2D eigenvalue weighted by Gasteiger charge is 2.07. The van der Waals surface area contributed by atoms with E-state index in [9.17, 15) is 4.39 Å². The third kappa shape index (κ3) is 3.79. The van der Waals surface area contributed by atoms with Crippen LogP contribution in [0.15, 0.2) is 42.5 Å². The molecule has 3 heteroatoms. The molecule has 0 bridgehead atoms. The Morgan fingerprint density at radius 2 is 2.00 bits per heavy atom. The molecule has 0 aliphatic carbocycles. The van der Waals surface area contributed by atoms with Crippen molar-refractivity contribution in [3.8, 4) is 0 Å². The van der Waals surface area contributed by atoms with Crippen LogP contribution in [0.2, 0.25) is 5.02 Å². The van der Waals surface area contributed by atoms with Crippen molar-refractivity contribution in [2.75, 3.05) is 0 Å². The monoisotopic (exact) mass is 277 g/mol. The number of hydrogen-bond acceptors (Lipinski definition) is 1. The van der Waals surface area contributed by atoms with Crippen molar-refractivity contribution in [1.82, 2.24) is 5.32 Å². The van der Waals surface area contributed by atoms with Gasteiger partial charge < -0.3 is 5.32 Å². The van der Waals surface area contributed by atoms with Gasteiger partial charge in [-0.05, 0) is 37.6 Å². The van der Waals surface area contributed by atoms with Gasteiger partial charge in [-0.2, -0.15) is 0 Å². The van der Waals surface area contributed by atoms with E-state index in [2.05, 4.69) is 37.4 Å². The first-order valence-corrected chi connectivity index (χ1v) is 6.68. The fraction of sp³-hybridized carbons (Fsp3) is 0.250. The fourth-order valence-electron chi connectivity index (χ4n) is 2.00. The minimum Gasteiger partial charge on any atom is -0.306 e. The zero-order valence-corrected chi connectivity index (χ0v) is 11.8. The maximum absolute atomic E-state index is 13.6. The van der Waals surface area contributed by atoms with Crippen LogP contribution in [0.4, 0.5) is 4.39 Å². The van der Waals surface area contributed by atoms with Crippen molar-refractivity contribution < 1.29 is 4.39 Å². The van der Waals surface area contributed by atoms with Crippen LogP contribution in [0.3, 0.4) is 0 Å². The van der Waals surface area contributed by atoms with E-state index in [4.69, 9.17) is 11.6 Å². The average molecular weight is 278 g/mol. The van der Waals surface area contributed by atoms with Gasteiger partial charge in [0.05, 0.1) is 0 Å². The molecule has 2 aromatic carbocycles. The summed E-state index contributed by atoms with van der Waals surface area (Å²) in [6.07, 6.45) is 0. The highest BCUT2D eigenvalue weighted by Crippen LogP contribution is 2.17. The van der Waals surface area contributed by atoms with E-state index < -0.39 is 0 Å². The molecule has 0 unspecified atom stereocenters. The van der Waals surface area contributed by atoms with Gasteiger partial charge in [0.25, 0.3) is 0 Å². The molecule has 0 saturated heterocycles. The Balaban J connectivity index is 2.04. The molecule has 0 aromatic heterocycles. The molecule has 0 spiro atoms. The number of halogens is 2. The summed E-state index contributed by atoms with van der Waals surface area (Å²) in [6, 6.07) is 13.1. The summed E-state index contributed by atoms with van der Waals surface area (Å²) in [5.74, 6) is -0.228. The summed E-state index contributed by atoms with van der Waals surface area (Å²) in [5.41, 5.74) is 3.01. The summed E-state index contributed by atoms with van der Waals surface area (Å²) < 4.78 is 13.6. The van der Waals surface area contributed by atoms with Crippen LogP contribution in [0.5, 0.6) is 0 Å². The zero-order chi connectivity index (χ0) is 13.8. The summed E-state index contributed by atoms with van der Waals surface area (Å²) in [5, 5.41) is 3.87. The van der Waals surface area contributed by atoms with Crippen LogP contribution in [0.25, 0.3) is 0 Å². The summed E-state index contributed by atoms with van der Waals surface area (Å²) in [7, 11) is 0. The minimum absolute atomic E-state index is 0.165. The Morgan fingerprint density at radius 3 is 2.74 bits per heavy atom. The van der Waals surface area contributed by atoms with Crippen LogP contribution in [-0.2, 0) is 6.54 Å². The third-order valence-electron chi connectivity index (χ3n) is 3.15. The van der Waals surface area contributed by atoms with Crippen LogP contribution in [-0.4, -0.2) is 0 Å². The Bertz CT molecular complexity index is 568. The highest BCUT2D eigenvalue weighted by molar-refractivity contribution is 6.30. The summed E-state index contributed by atoms with van der Waals surface area (Å²) in [4.78, 5) is 0. The standard InChI is InChI=1S/C16H17ClFN/c1-11-4-3-5-13(8-11)12(2)19-10-14-9-15(17)6-7-16(14)18/h3-9,12,19H,10H2,1-2H3/t12-/m0/s1. The molecule has 0 aliphatic heterocycles. The largest absolute Gasteiger partial charge is 0.306 e. The normalized spacial score (nSPS) is 12.4. The lowest BCUT2D eigenvalue weighted by molar-refractivity contribution is 0.544. The van der Waals surface area contributed by atoms with Gasteiger partial charge >= 0.3 is 0 Å². The van der Waals surface area contributed by atoms with E-state index >= 15 is 0 Å². The molecule has 19 heavy (non-hydrogen) atoms. The van der Waals surface area contributed by atoms with Gasteiger partial charge in [-0.3, -0.25) is 0 Å². The van der Waals surface area contributed by atoms with Crippen molar-refractivity contribution in [2.45, 2.75) is 26.4 Å². The van der Waals surface area contributed by atoms with E-state index in [0.29, 0.717) is 17.1 Å². The van der Waals surface area contributed by atoms with E-state index in [1.165, 1.54) is 17.2 Å². The SMILES string of the molecule is Cc1cccc([C@H](C)NCc2cc(Cl)ccc2F)c1. The van der Waals surface area contributed by atoms with Crippen molar-refractivity contribution in [1.29, 1.82) is 0 Å².